The topological polar surface area (TPSA) is 49.4 Å². The molecule has 0 bridgehead atoms. The molecule has 4 nitrogen and oxygen atoms in total. The van der Waals surface area contributed by atoms with Crippen LogP contribution in [-0.2, 0) is 9.59 Å². The molecule has 158 valence electrons. The maximum Gasteiger partial charge on any atom is 0.471 e. The Hall–Kier alpha value is -1.27. The van der Waals surface area contributed by atoms with Crippen molar-refractivity contribution in [2.24, 2.45) is 28.6 Å². The fourth-order valence-corrected chi connectivity index (χ4v) is 7.63. The Labute approximate surface area is 164 Å². The molecule has 4 fully saturated rings. The van der Waals surface area contributed by atoms with E-state index in [1.165, 1.54) is 0 Å². The van der Waals surface area contributed by atoms with E-state index < -0.39 is 18.1 Å². The smallest absolute Gasteiger partial charge is 0.345 e. The number of likely N-dealkylation sites (tertiary alicyclic amines) is 1. The van der Waals surface area contributed by atoms with Gasteiger partial charge in [-0.1, -0.05) is 13.8 Å². The lowest BCUT2D eigenvalue weighted by Crippen LogP contribution is -2.62. The maximum absolute atomic E-state index is 12.8. The molecule has 1 heterocycles. The molecule has 2 amide bonds. The van der Waals surface area contributed by atoms with Gasteiger partial charge in [0.2, 0.25) is 5.91 Å². The van der Waals surface area contributed by atoms with E-state index in [4.69, 9.17) is 0 Å². The van der Waals surface area contributed by atoms with Gasteiger partial charge in [-0.25, -0.2) is 0 Å². The molecule has 0 spiro atoms. The van der Waals surface area contributed by atoms with Crippen LogP contribution in [0, 0.1) is 28.6 Å². The second kappa shape index (κ2) is 6.36. The molecule has 2 unspecified atom stereocenters. The van der Waals surface area contributed by atoms with Crippen LogP contribution < -0.4 is 5.32 Å². The van der Waals surface area contributed by atoms with Crippen molar-refractivity contribution >= 4 is 11.8 Å². The second-order valence-corrected chi connectivity index (χ2v) is 10.1. The minimum absolute atomic E-state index is 0.0974. The van der Waals surface area contributed by atoms with Crippen LogP contribution in [0.5, 0.6) is 0 Å². The predicted octanol–water partition coefficient (Wildman–Crippen LogP) is 3.90. The molecule has 4 aliphatic rings. The largest absolute Gasteiger partial charge is 0.471 e. The first-order valence-electron chi connectivity index (χ1n) is 10.6. The molecule has 1 aliphatic heterocycles. The number of carbonyl (C=O) groups is 2. The van der Waals surface area contributed by atoms with Crippen molar-refractivity contribution in [2.75, 3.05) is 7.05 Å². The molecule has 28 heavy (non-hydrogen) atoms. The number of hydrogen-bond donors (Lipinski definition) is 1. The molecule has 4 rings (SSSR count). The average Bonchev–Trinajstić information content (AvgIpc) is 2.94. The van der Waals surface area contributed by atoms with Gasteiger partial charge in [0.1, 0.15) is 0 Å². The Balaban J connectivity index is 1.55. The van der Waals surface area contributed by atoms with E-state index in [-0.39, 0.29) is 22.8 Å². The van der Waals surface area contributed by atoms with Crippen LogP contribution >= 0.6 is 0 Å². The Morgan fingerprint density at radius 2 is 1.71 bits per heavy atom. The Morgan fingerprint density at radius 3 is 2.39 bits per heavy atom. The van der Waals surface area contributed by atoms with Gasteiger partial charge < -0.3 is 10.2 Å². The summed E-state index contributed by atoms with van der Waals surface area (Å²) in [5, 5.41) is 2.32. The van der Waals surface area contributed by atoms with Crippen LogP contribution in [0.4, 0.5) is 13.2 Å². The zero-order valence-electron chi connectivity index (χ0n) is 16.9. The highest BCUT2D eigenvalue weighted by molar-refractivity contribution is 5.82. The first-order chi connectivity index (χ1) is 13.0. The number of rotatable bonds is 1. The van der Waals surface area contributed by atoms with Gasteiger partial charge in [0.25, 0.3) is 0 Å². The molecule has 7 heteroatoms. The van der Waals surface area contributed by atoms with E-state index in [0.29, 0.717) is 30.6 Å². The summed E-state index contributed by atoms with van der Waals surface area (Å²) in [5.74, 6) is -0.223. The first kappa shape index (κ1) is 20.0. The molecule has 1 N–H and O–H groups in total. The van der Waals surface area contributed by atoms with Gasteiger partial charge in [-0.05, 0) is 73.5 Å². The minimum Gasteiger partial charge on any atom is -0.345 e. The molecular weight excluding hydrogens is 369 g/mol. The first-order valence-corrected chi connectivity index (χ1v) is 10.6. The van der Waals surface area contributed by atoms with E-state index in [0.717, 1.165) is 38.5 Å². The Bertz CT molecular complexity index is 681. The highest BCUT2D eigenvalue weighted by atomic mass is 19.4. The number of amides is 2. The van der Waals surface area contributed by atoms with Gasteiger partial charge in [0.15, 0.2) is 0 Å². The standard InChI is InChI=1S/C21H31F3N2O2/c1-19-10-8-14-12(4-7-16-20(14,2)11-9-17(27)26(16)3)13(19)5-6-15(19)25-18(28)21(22,23)24/h12-16H,4-11H2,1-3H3,(H,25,28)/t12-,13-,14+,15?,16?,19-,20+/m0/s1. The summed E-state index contributed by atoms with van der Waals surface area (Å²) in [5.41, 5.74) is -0.165. The number of hydrogen-bond acceptors (Lipinski definition) is 2. The highest BCUT2D eigenvalue weighted by Gasteiger charge is 2.61. The van der Waals surface area contributed by atoms with Gasteiger partial charge in [0.05, 0.1) is 0 Å². The SMILES string of the molecule is CN1C(=O)CC[C@@]2(C)C1CC[C@@H]1[C@H]2CC[C@]2(C)C(NC(=O)C(F)(F)F)CC[C@@H]12. The van der Waals surface area contributed by atoms with E-state index >= 15 is 0 Å². The van der Waals surface area contributed by atoms with Crippen molar-refractivity contribution in [1.29, 1.82) is 0 Å². The normalized spacial score (nSPS) is 45.9. The third-order valence-electron chi connectivity index (χ3n) is 9.12. The molecule has 0 aromatic rings. The minimum atomic E-state index is -4.82. The van der Waals surface area contributed by atoms with Gasteiger partial charge in [-0.2, -0.15) is 13.2 Å². The van der Waals surface area contributed by atoms with Crippen LogP contribution in [0.2, 0.25) is 0 Å². The van der Waals surface area contributed by atoms with Crippen molar-refractivity contribution in [3.8, 4) is 0 Å². The highest BCUT2D eigenvalue weighted by Crippen LogP contribution is 2.64. The molecule has 1 saturated heterocycles. The van der Waals surface area contributed by atoms with Gasteiger partial charge in [-0.15, -0.1) is 0 Å². The average molecular weight is 400 g/mol. The summed E-state index contributed by atoms with van der Waals surface area (Å²) in [6, 6.07) is -0.116. The molecule has 0 aromatic heterocycles. The van der Waals surface area contributed by atoms with Crippen molar-refractivity contribution in [3.63, 3.8) is 0 Å². The lowest BCUT2D eigenvalue weighted by molar-refractivity contribution is -0.176. The third-order valence-corrected chi connectivity index (χ3v) is 9.12. The molecule has 0 aromatic carbocycles. The number of carbonyl (C=O) groups excluding carboxylic acids is 2. The second-order valence-electron chi connectivity index (χ2n) is 10.1. The summed E-state index contributed by atoms with van der Waals surface area (Å²) < 4.78 is 38.3. The summed E-state index contributed by atoms with van der Waals surface area (Å²) in [7, 11) is 1.93. The predicted molar refractivity (Wildman–Crippen MR) is 98.2 cm³/mol. The van der Waals surface area contributed by atoms with Crippen LogP contribution in [0.3, 0.4) is 0 Å². The van der Waals surface area contributed by atoms with Gasteiger partial charge >= 0.3 is 12.1 Å². The zero-order chi connectivity index (χ0) is 20.5. The number of halogens is 3. The molecule has 7 atom stereocenters. The Kier molecular flexibility index (Phi) is 4.55. The van der Waals surface area contributed by atoms with Crippen molar-refractivity contribution in [2.45, 2.75) is 83.5 Å². The third kappa shape index (κ3) is 2.78. The van der Waals surface area contributed by atoms with Crippen molar-refractivity contribution < 1.29 is 22.8 Å². The number of nitrogens with one attached hydrogen (secondary N) is 1. The van der Waals surface area contributed by atoms with Crippen LogP contribution in [0.1, 0.15) is 65.2 Å². The van der Waals surface area contributed by atoms with Crippen LogP contribution in [0.25, 0.3) is 0 Å². The molecule has 3 aliphatic carbocycles. The molecular formula is C21H31F3N2O2. The van der Waals surface area contributed by atoms with E-state index in [2.05, 4.69) is 19.2 Å². The molecule has 3 saturated carbocycles. The quantitative estimate of drug-likeness (QED) is 0.726. The lowest BCUT2D eigenvalue weighted by atomic mass is 9.47. The number of nitrogens with zero attached hydrogens (tertiary/aromatic N) is 1. The fourth-order valence-electron chi connectivity index (χ4n) is 7.63. The maximum atomic E-state index is 12.8. The van der Waals surface area contributed by atoms with Gasteiger partial charge in [0, 0.05) is 25.6 Å². The fraction of sp³-hybridized carbons (Fsp3) is 0.905. The van der Waals surface area contributed by atoms with E-state index in [9.17, 15) is 22.8 Å². The van der Waals surface area contributed by atoms with Crippen molar-refractivity contribution in [3.05, 3.63) is 0 Å². The van der Waals surface area contributed by atoms with E-state index in [1.807, 2.05) is 11.9 Å². The summed E-state index contributed by atoms with van der Waals surface area (Å²) in [6.07, 6.45) is 2.04. The Morgan fingerprint density at radius 1 is 1.04 bits per heavy atom. The summed E-state index contributed by atoms with van der Waals surface area (Å²) in [6.45, 7) is 4.42. The molecule has 0 radical (unpaired) electrons. The number of piperidine rings is 1. The van der Waals surface area contributed by atoms with Gasteiger partial charge in [-0.3, -0.25) is 9.59 Å². The number of alkyl halides is 3. The zero-order valence-corrected chi connectivity index (χ0v) is 16.9. The van der Waals surface area contributed by atoms with Crippen LogP contribution in [0.15, 0.2) is 0 Å². The van der Waals surface area contributed by atoms with E-state index in [1.54, 1.807) is 0 Å². The number of fused-ring (bicyclic) bond motifs is 5. The van der Waals surface area contributed by atoms with Crippen molar-refractivity contribution in [1.82, 2.24) is 10.2 Å². The van der Waals surface area contributed by atoms with Crippen LogP contribution in [-0.4, -0.2) is 42.0 Å². The monoisotopic (exact) mass is 400 g/mol. The summed E-state index contributed by atoms with van der Waals surface area (Å²) in [4.78, 5) is 25.7. The summed E-state index contributed by atoms with van der Waals surface area (Å²) >= 11 is 0. The lowest BCUT2D eigenvalue weighted by Gasteiger charge is -2.61.